The highest BCUT2D eigenvalue weighted by Crippen LogP contribution is 2.29. The van der Waals surface area contributed by atoms with Crippen LogP contribution in [0.2, 0.25) is 5.02 Å². The molecule has 0 aliphatic rings. The lowest BCUT2D eigenvalue weighted by Gasteiger charge is -2.10. The van der Waals surface area contributed by atoms with Gasteiger partial charge in [-0.1, -0.05) is 25.4 Å². The zero-order valence-electron chi connectivity index (χ0n) is 9.40. The molecule has 0 spiro atoms. The number of hydrogen-bond donors (Lipinski definition) is 1. The maximum absolute atomic E-state index is 6.11. The summed E-state index contributed by atoms with van der Waals surface area (Å²) >= 11 is 7.59. The van der Waals surface area contributed by atoms with Gasteiger partial charge in [0.25, 0.3) is 0 Å². The van der Waals surface area contributed by atoms with Crippen LogP contribution in [0.25, 0.3) is 10.2 Å². The van der Waals surface area contributed by atoms with Crippen LogP contribution in [0.5, 0.6) is 0 Å². The highest BCUT2D eigenvalue weighted by atomic mass is 35.5. The molecule has 2 aromatic rings. The van der Waals surface area contributed by atoms with E-state index in [0.29, 0.717) is 5.92 Å². The van der Waals surface area contributed by atoms with E-state index in [9.17, 15) is 0 Å². The first-order valence-electron chi connectivity index (χ1n) is 5.38. The number of benzene rings is 1. The molecular weight excluding hydrogens is 240 g/mol. The molecule has 0 saturated heterocycles. The summed E-state index contributed by atoms with van der Waals surface area (Å²) in [6.45, 7) is 4.34. The van der Waals surface area contributed by atoms with Gasteiger partial charge >= 0.3 is 0 Å². The van der Waals surface area contributed by atoms with Crippen LogP contribution in [0, 0.1) is 5.92 Å². The van der Waals surface area contributed by atoms with Crippen LogP contribution in [0.15, 0.2) is 18.2 Å². The lowest BCUT2D eigenvalue weighted by Crippen LogP contribution is -2.12. The van der Waals surface area contributed by atoms with Crippen molar-refractivity contribution in [2.24, 2.45) is 11.7 Å². The van der Waals surface area contributed by atoms with E-state index in [4.69, 9.17) is 17.3 Å². The lowest BCUT2D eigenvalue weighted by atomic mass is 10.1. The van der Waals surface area contributed by atoms with Crippen molar-refractivity contribution in [1.29, 1.82) is 0 Å². The van der Waals surface area contributed by atoms with Crippen LogP contribution in [-0.4, -0.2) is 4.98 Å². The molecule has 0 radical (unpaired) electrons. The van der Waals surface area contributed by atoms with E-state index in [2.05, 4.69) is 18.8 Å². The highest BCUT2D eigenvalue weighted by molar-refractivity contribution is 7.18. The molecule has 2 N–H and O–H groups in total. The second-order valence-electron chi connectivity index (χ2n) is 4.40. The first-order valence-corrected chi connectivity index (χ1v) is 6.57. The molecule has 2 rings (SSSR count). The summed E-state index contributed by atoms with van der Waals surface area (Å²) in [6, 6.07) is 5.82. The first-order chi connectivity index (χ1) is 7.56. The van der Waals surface area contributed by atoms with Crippen LogP contribution < -0.4 is 5.73 Å². The zero-order valence-corrected chi connectivity index (χ0v) is 11.0. The minimum atomic E-state index is 0.0381. The predicted octanol–water partition coefficient (Wildman–Crippen LogP) is 4.00. The Morgan fingerprint density at radius 3 is 2.88 bits per heavy atom. The Labute approximate surface area is 104 Å². The zero-order chi connectivity index (χ0) is 11.7. The molecular formula is C12H15ClN2S. The number of thiazole rings is 1. The molecule has 0 fully saturated rings. The number of nitrogens with zero attached hydrogens (tertiary/aromatic N) is 1. The quantitative estimate of drug-likeness (QED) is 0.899. The van der Waals surface area contributed by atoms with Gasteiger partial charge in [-0.25, -0.2) is 4.98 Å². The van der Waals surface area contributed by atoms with Crippen molar-refractivity contribution in [2.75, 3.05) is 0 Å². The van der Waals surface area contributed by atoms with Gasteiger partial charge in [0.15, 0.2) is 0 Å². The predicted molar refractivity (Wildman–Crippen MR) is 71.0 cm³/mol. The smallest absolute Gasteiger partial charge is 0.111 e. The number of halogens is 1. The number of fused-ring (bicyclic) bond motifs is 1. The molecule has 0 aliphatic carbocycles. The topological polar surface area (TPSA) is 38.9 Å². The average molecular weight is 255 g/mol. The van der Waals surface area contributed by atoms with Crippen molar-refractivity contribution in [3.05, 3.63) is 28.2 Å². The van der Waals surface area contributed by atoms with Gasteiger partial charge in [0.2, 0.25) is 0 Å². The van der Waals surface area contributed by atoms with Gasteiger partial charge in [0.05, 0.1) is 16.3 Å². The van der Waals surface area contributed by atoms with Crippen LogP contribution in [0.3, 0.4) is 0 Å². The summed E-state index contributed by atoms with van der Waals surface area (Å²) in [4.78, 5) is 4.54. The van der Waals surface area contributed by atoms with E-state index in [-0.39, 0.29) is 6.04 Å². The van der Waals surface area contributed by atoms with E-state index in [1.807, 2.05) is 18.2 Å². The van der Waals surface area contributed by atoms with Gasteiger partial charge in [0, 0.05) is 5.02 Å². The van der Waals surface area contributed by atoms with Gasteiger partial charge < -0.3 is 5.73 Å². The van der Waals surface area contributed by atoms with Crippen LogP contribution in [0.4, 0.5) is 0 Å². The van der Waals surface area contributed by atoms with Crippen LogP contribution in [-0.2, 0) is 0 Å². The van der Waals surface area contributed by atoms with Crippen molar-refractivity contribution in [3.8, 4) is 0 Å². The van der Waals surface area contributed by atoms with Gasteiger partial charge in [-0.15, -0.1) is 11.3 Å². The van der Waals surface area contributed by atoms with Crippen molar-refractivity contribution in [3.63, 3.8) is 0 Å². The molecule has 1 aromatic carbocycles. The van der Waals surface area contributed by atoms with E-state index in [1.54, 1.807) is 11.3 Å². The monoisotopic (exact) mass is 254 g/mol. The SMILES string of the molecule is CC(C)C[C@@H](N)c1nc2cc(Cl)ccc2s1. The molecule has 1 heterocycles. The maximum Gasteiger partial charge on any atom is 0.111 e. The second-order valence-corrected chi connectivity index (χ2v) is 5.90. The third-order valence-corrected chi connectivity index (χ3v) is 3.81. The van der Waals surface area contributed by atoms with Gasteiger partial charge in [0.1, 0.15) is 5.01 Å². The minimum Gasteiger partial charge on any atom is -0.322 e. The Morgan fingerprint density at radius 1 is 1.44 bits per heavy atom. The molecule has 86 valence electrons. The third kappa shape index (κ3) is 2.54. The van der Waals surface area contributed by atoms with Crippen LogP contribution >= 0.6 is 22.9 Å². The molecule has 1 atom stereocenters. The number of hydrogen-bond acceptors (Lipinski definition) is 3. The largest absolute Gasteiger partial charge is 0.322 e. The number of nitrogens with two attached hydrogens (primary N) is 1. The molecule has 4 heteroatoms. The fraction of sp³-hybridized carbons (Fsp3) is 0.417. The molecule has 0 saturated carbocycles. The molecule has 0 aliphatic heterocycles. The minimum absolute atomic E-state index is 0.0381. The highest BCUT2D eigenvalue weighted by Gasteiger charge is 2.13. The molecule has 0 amide bonds. The maximum atomic E-state index is 6.11. The van der Waals surface area contributed by atoms with Crippen molar-refractivity contribution < 1.29 is 0 Å². The molecule has 0 bridgehead atoms. The summed E-state index contributed by atoms with van der Waals surface area (Å²) in [5.74, 6) is 0.589. The van der Waals surface area contributed by atoms with Crippen molar-refractivity contribution in [1.82, 2.24) is 4.98 Å². The fourth-order valence-electron chi connectivity index (χ4n) is 1.69. The van der Waals surface area contributed by atoms with Crippen molar-refractivity contribution in [2.45, 2.75) is 26.3 Å². The van der Waals surface area contributed by atoms with Gasteiger partial charge in [-0.05, 0) is 30.5 Å². The molecule has 0 unspecified atom stereocenters. The number of rotatable bonds is 3. The molecule has 16 heavy (non-hydrogen) atoms. The number of aromatic nitrogens is 1. The van der Waals surface area contributed by atoms with E-state index in [0.717, 1.165) is 26.7 Å². The van der Waals surface area contributed by atoms with Crippen LogP contribution in [0.1, 0.15) is 31.3 Å². The van der Waals surface area contributed by atoms with Gasteiger partial charge in [-0.2, -0.15) is 0 Å². The third-order valence-electron chi connectivity index (χ3n) is 2.41. The Balaban J connectivity index is 2.32. The molecule has 1 aromatic heterocycles. The normalized spacial score (nSPS) is 13.6. The Kier molecular flexibility index (Phi) is 3.47. The van der Waals surface area contributed by atoms with E-state index >= 15 is 0 Å². The first kappa shape index (κ1) is 11.8. The standard InChI is InChI=1S/C12H15ClN2S/c1-7(2)5-9(14)12-15-10-6-8(13)3-4-11(10)16-12/h3-4,6-7,9H,5,14H2,1-2H3/t9-/m1/s1. The summed E-state index contributed by atoms with van der Waals surface area (Å²) in [5, 5.41) is 1.73. The average Bonchev–Trinajstić information content (AvgIpc) is 2.59. The lowest BCUT2D eigenvalue weighted by molar-refractivity contribution is 0.509. The Bertz CT molecular complexity index is 493. The van der Waals surface area contributed by atoms with Gasteiger partial charge in [-0.3, -0.25) is 0 Å². The summed E-state index contributed by atoms with van der Waals surface area (Å²) in [6.07, 6.45) is 0.966. The molecule has 2 nitrogen and oxygen atoms in total. The summed E-state index contributed by atoms with van der Waals surface area (Å²) < 4.78 is 1.15. The Morgan fingerprint density at radius 2 is 2.19 bits per heavy atom. The Hall–Kier alpha value is -0.640. The fourth-order valence-corrected chi connectivity index (χ4v) is 2.81. The van der Waals surface area contributed by atoms with E-state index in [1.165, 1.54) is 0 Å². The summed E-state index contributed by atoms with van der Waals surface area (Å²) in [7, 11) is 0. The second kappa shape index (κ2) is 4.70. The van der Waals surface area contributed by atoms with Crippen molar-refractivity contribution >= 4 is 33.2 Å². The summed E-state index contributed by atoms with van der Waals surface area (Å²) in [5.41, 5.74) is 7.06. The van der Waals surface area contributed by atoms with E-state index < -0.39 is 0 Å².